The zero-order valence-corrected chi connectivity index (χ0v) is 11.2. The van der Waals surface area contributed by atoms with Gasteiger partial charge in [0.05, 0.1) is 6.10 Å². The topological polar surface area (TPSA) is 36.4 Å². The number of halogens is 2. The SMILES string of the molecule is CN(Cc1ccc(Cl)nc1Cl)CC1CC(O)C1. The van der Waals surface area contributed by atoms with E-state index in [2.05, 4.69) is 16.9 Å². The highest BCUT2D eigenvalue weighted by Crippen LogP contribution is 2.28. The molecule has 17 heavy (non-hydrogen) atoms. The second-order valence-corrected chi connectivity index (χ2v) is 5.52. The van der Waals surface area contributed by atoms with Gasteiger partial charge < -0.3 is 10.0 Å². The molecule has 0 atom stereocenters. The first-order valence-electron chi connectivity index (χ1n) is 5.72. The van der Waals surface area contributed by atoms with E-state index < -0.39 is 0 Å². The highest BCUT2D eigenvalue weighted by atomic mass is 35.5. The number of hydrogen-bond donors (Lipinski definition) is 1. The van der Waals surface area contributed by atoms with Gasteiger partial charge in [0.15, 0.2) is 0 Å². The highest BCUT2D eigenvalue weighted by Gasteiger charge is 2.27. The zero-order valence-electron chi connectivity index (χ0n) is 9.74. The number of hydrogen-bond acceptors (Lipinski definition) is 3. The van der Waals surface area contributed by atoms with Gasteiger partial charge >= 0.3 is 0 Å². The van der Waals surface area contributed by atoms with Crippen LogP contribution in [0.2, 0.25) is 10.3 Å². The van der Waals surface area contributed by atoms with Crippen LogP contribution in [0.5, 0.6) is 0 Å². The molecule has 2 rings (SSSR count). The number of pyridine rings is 1. The van der Waals surface area contributed by atoms with Crippen LogP contribution in [0.15, 0.2) is 12.1 Å². The molecule has 0 radical (unpaired) electrons. The van der Waals surface area contributed by atoms with Crippen molar-refractivity contribution in [3.63, 3.8) is 0 Å². The maximum atomic E-state index is 9.23. The third-order valence-electron chi connectivity index (χ3n) is 3.11. The summed E-state index contributed by atoms with van der Waals surface area (Å²) in [5.41, 5.74) is 0.985. The molecule has 1 N–H and O–H groups in total. The van der Waals surface area contributed by atoms with E-state index in [1.807, 2.05) is 6.07 Å². The molecular weight excluding hydrogens is 259 g/mol. The molecule has 3 nitrogen and oxygen atoms in total. The van der Waals surface area contributed by atoms with Gasteiger partial charge in [-0.15, -0.1) is 0 Å². The minimum absolute atomic E-state index is 0.0887. The van der Waals surface area contributed by atoms with Gasteiger partial charge in [-0.1, -0.05) is 29.3 Å². The van der Waals surface area contributed by atoms with Crippen LogP contribution in [0.4, 0.5) is 0 Å². The van der Waals surface area contributed by atoms with Crippen molar-refractivity contribution < 1.29 is 5.11 Å². The van der Waals surface area contributed by atoms with Crippen LogP contribution >= 0.6 is 23.2 Å². The number of aliphatic hydroxyl groups excluding tert-OH is 1. The third-order valence-corrected chi connectivity index (χ3v) is 3.65. The largest absolute Gasteiger partial charge is 0.393 e. The van der Waals surface area contributed by atoms with Crippen molar-refractivity contribution >= 4 is 23.2 Å². The Balaban J connectivity index is 1.87. The first kappa shape index (κ1) is 13.1. The Bertz CT molecular complexity index is 394. The van der Waals surface area contributed by atoms with Crippen LogP contribution in [0, 0.1) is 5.92 Å². The molecule has 0 spiro atoms. The Labute approximate surface area is 111 Å². The van der Waals surface area contributed by atoms with Crippen LogP contribution in [0.3, 0.4) is 0 Å². The molecule has 1 aromatic rings. The highest BCUT2D eigenvalue weighted by molar-refractivity contribution is 6.32. The number of aliphatic hydroxyl groups is 1. The van der Waals surface area contributed by atoms with Crippen LogP contribution < -0.4 is 0 Å². The van der Waals surface area contributed by atoms with E-state index in [-0.39, 0.29) is 6.10 Å². The van der Waals surface area contributed by atoms with E-state index in [4.69, 9.17) is 23.2 Å². The van der Waals surface area contributed by atoms with E-state index >= 15 is 0 Å². The predicted molar refractivity (Wildman–Crippen MR) is 69.3 cm³/mol. The molecule has 1 aromatic heterocycles. The number of rotatable bonds is 4. The van der Waals surface area contributed by atoms with Gasteiger partial charge in [0.25, 0.3) is 0 Å². The number of nitrogens with zero attached hydrogens (tertiary/aromatic N) is 2. The summed E-state index contributed by atoms with van der Waals surface area (Å²) in [5, 5.41) is 10.1. The van der Waals surface area contributed by atoms with Crippen molar-refractivity contribution in [2.75, 3.05) is 13.6 Å². The molecule has 0 aliphatic heterocycles. The summed E-state index contributed by atoms with van der Waals surface area (Å²) >= 11 is 11.8. The Morgan fingerprint density at radius 1 is 1.41 bits per heavy atom. The fourth-order valence-electron chi connectivity index (χ4n) is 2.20. The lowest BCUT2D eigenvalue weighted by atomic mass is 9.82. The Kier molecular flexibility index (Phi) is 4.26. The molecule has 1 fully saturated rings. The quantitative estimate of drug-likeness (QED) is 0.858. The average molecular weight is 275 g/mol. The molecule has 1 saturated carbocycles. The normalized spacial score (nSPS) is 23.8. The van der Waals surface area contributed by atoms with E-state index in [1.54, 1.807) is 6.07 Å². The van der Waals surface area contributed by atoms with Gasteiger partial charge in [0.2, 0.25) is 0 Å². The molecule has 0 unspecified atom stereocenters. The molecule has 1 aliphatic carbocycles. The Hall–Kier alpha value is -0.350. The lowest BCUT2D eigenvalue weighted by Crippen LogP contribution is -2.36. The van der Waals surface area contributed by atoms with Gasteiger partial charge in [0, 0.05) is 18.7 Å². The molecule has 5 heteroatoms. The summed E-state index contributed by atoms with van der Waals surface area (Å²) in [5.74, 6) is 0.606. The van der Waals surface area contributed by atoms with E-state index in [1.165, 1.54) is 0 Å². The van der Waals surface area contributed by atoms with Crippen molar-refractivity contribution in [1.82, 2.24) is 9.88 Å². The van der Waals surface area contributed by atoms with Crippen LogP contribution in [0.1, 0.15) is 18.4 Å². The zero-order chi connectivity index (χ0) is 12.4. The molecule has 0 saturated heterocycles. The molecule has 0 bridgehead atoms. The summed E-state index contributed by atoms with van der Waals surface area (Å²) < 4.78 is 0. The van der Waals surface area contributed by atoms with Crippen LogP contribution in [0.25, 0.3) is 0 Å². The minimum Gasteiger partial charge on any atom is -0.393 e. The second kappa shape index (κ2) is 5.53. The van der Waals surface area contributed by atoms with Gasteiger partial charge in [-0.2, -0.15) is 0 Å². The molecular formula is C12H16Cl2N2O. The molecule has 1 heterocycles. The summed E-state index contributed by atoms with van der Waals surface area (Å²) in [6.45, 7) is 1.74. The summed E-state index contributed by atoms with van der Waals surface area (Å²) in [7, 11) is 2.05. The van der Waals surface area contributed by atoms with Gasteiger partial charge in [0.1, 0.15) is 10.3 Å². The first-order chi connectivity index (χ1) is 8.04. The standard InChI is InChI=1S/C12H16Cl2N2O/c1-16(6-8-4-10(17)5-8)7-9-2-3-11(13)15-12(9)14/h2-3,8,10,17H,4-7H2,1H3. The smallest absolute Gasteiger partial charge is 0.135 e. The van der Waals surface area contributed by atoms with Crippen molar-refractivity contribution in [1.29, 1.82) is 0 Å². The minimum atomic E-state index is -0.0887. The van der Waals surface area contributed by atoms with E-state index in [9.17, 15) is 5.11 Å². The van der Waals surface area contributed by atoms with Gasteiger partial charge in [-0.3, -0.25) is 0 Å². The lowest BCUT2D eigenvalue weighted by Gasteiger charge is -2.34. The van der Waals surface area contributed by atoms with E-state index in [0.717, 1.165) is 31.5 Å². The van der Waals surface area contributed by atoms with Crippen molar-refractivity contribution in [2.24, 2.45) is 5.92 Å². The Morgan fingerprint density at radius 3 is 2.71 bits per heavy atom. The van der Waals surface area contributed by atoms with Crippen molar-refractivity contribution in [3.8, 4) is 0 Å². The summed E-state index contributed by atoms with van der Waals surface area (Å²) in [6, 6.07) is 3.66. The molecule has 1 aliphatic rings. The third kappa shape index (κ3) is 3.55. The second-order valence-electron chi connectivity index (χ2n) is 4.77. The van der Waals surface area contributed by atoms with Gasteiger partial charge in [-0.25, -0.2) is 4.98 Å². The lowest BCUT2D eigenvalue weighted by molar-refractivity contribution is 0.0274. The van der Waals surface area contributed by atoms with Gasteiger partial charge in [-0.05, 0) is 31.9 Å². The molecule has 0 aromatic carbocycles. The van der Waals surface area contributed by atoms with Crippen LogP contribution in [-0.2, 0) is 6.54 Å². The summed E-state index contributed by atoms with van der Waals surface area (Å²) in [4.78, 5) is 6.22. The Morgan fingerprint density at radius 2 is 2.12 bits per heavy atom. The van der Waals surface area contributed by atoms with Crippen molar-refractivity contribution in [3.05, 3.63) is 28.0 Å². The number of aromatic nitrogens is 1. The summed E-state index contributed by atoms with van der Waals surface area (Å²) in [6.07, 6.45) is 1.74. The van der Waals surface area contributed by atoms with E-state index in [0.29, 0.717) is 16.2 Å². The fourth-order valence-corrected chi connectivity index (χ4v) is 2.61. The molecule has 0 amide bonds. The average Bonchev–Trinajstić information content (AvgIpc) is 2.20. The van der Waals surface area contributed by atoms with Crippen LogP contribution in [-0.4, -0.2) is 34.7 Å². The molecule has 94 valence electrons. The first-order valence-corrected chi connectivity index (χ1v) is 6.47. The predicted octanol–water partition coefficient (Wildman–Crippen LogP) is 2.59. The van der Waals surface area contributed by atoms with Crippen molar-refractivity contribution in [2.45, 2.75) is 25.5 Å². The fraction of sp³-hybridized carbons (Fsp3) is 0.583. The maximum absolute atomic E-state index is 9.23. The monoisotopic (exact) mass is 274 g/mol. The maximum Gasteiger partial charge on any atom is 0.135 e.